The van der Waals surface area contributed by atoms with E-state index in [1.165, 1.54) is 6.08 Å². The molecule has 0 saturated carbocycles. The van der Waals surface area contributed by atoms with Crippen LogP contribution < -0.4 is 0 Å². The monoisotopic (exact) mass is 426 g/mol. The Morgan fingerprint density at radius 3 is 2.53 bits per heavy atom. The fourth-order valence-electron chi connectivity index (χ4n) is 3.13. The summed E-state index contributed by atoms with van der Waals surface area (Å²) in [5.74, 6) is -0.138. The van der Waals surface area contributed by atoms with E-state index < -0.39 is 11.8 Å². The lowest BCUT2D eigenvalue weighted by Gasteiger charge is -2.32. The molecule has 0 atom stereocenters. The molecule has 2 aromatic rings. The maximum atomic E-state index is 13.2. The third kappa shape index (κ3) is 4.64. The van der Waals surface area contributed by atoms with Crippen molar-refractivity contribution in [3.63, 3.8) is 0 Å². The number of ketones is 1. The summed E-state index contributed by atoms with van der Waals surface area (Å²) >= 11 is 6.00. The van der Waals surface area contributed by atoms with Gasteiger partial charge < -0.3 is 14.2 Å². The Kier molecular flexibility index (Phi) is 6.44. The minimum atomic E-state index is -1.05. The van der Waals surface area contributed by atoms with Crippen LogP contribution >= 0.6 is 11.6 Å². The van der Waals surface area contributed by atoms with E-state index in [-0.39, 0.29) is 24.8 Å². The highest BCUT2D eigenvalue weighted by molar-refractivity contribution is 6.30. The first-order chi connectivity index (χ1) is 14.2. The lowest BCUT2D eigenvalue weighted by Crippen LogP contribution is -2.41. The van der Waals surface area contributed by atoms with Gasteiger partial charge in [0.15, 0.2) is 5.78 Å². The Bertz CT molecular complexity index is 1020. The Morgan fingerprint density at radius 2 is 1.87 bits per heavy atom. The van der Waals surface area contributed by atoms with Gasteiger partial charge in [-0.05, 0) is 61.2 Å². The molecule has 0 fully saturated rings. The van der Waals surface area contributed by atoms with E-state index in [0.717, 1.165) is 16.7 Å². The lowest BCUT2D eigenvalue weighted by atomic mass is 9.85. The highest BCUT2D eigenvalue weighted by Crippen LogP contribution is 2.36. The number of benzene rings is 2. The summed E-state index contributed by atoms with van der Waals surface area (Å²) in [5.41, 5.74) is 2.67. The molecule has 156 valence electrons. The first-order valence-electron chi connectivity index (χ1n) is 9.47. The molecule has 3 rings (SSSR count). The van der Waals surface area contributed by atoms with E-state index in [1.54, 1.807) is 13.8 Å². The average Bonchev–Trinajstić information content (AvgIpc) is 2.71. The molecule has 0 amide bonds. The number of rotatable bonds is 5. The lowest BCUT2D eigenvalue weighted by molar-refractivity contribution is -0.136. The Balaban J connectivity index is 2.10. The van der Waals surface area contributed by atoms with E-state index in [2.05, 4.69) is 6.58 Å². The van der Waals surface area contributed by atoms with Gasteiger partial charge >= 0.3 is 6.16 Å². The van der Waals surface area contributed by atoms with Gasteiger partial charge in [0.05, 0.1) is 5.57 Å². The first-order valence-corrected chi connectivity index (χ1v) is 9.85. The summed E-state index contributed by atoms with van der Waals surface area (Å²) in [4.78, 5) is 25.3. The average molecular weight is 427 g/mol. The predicted molar refractivity (Wildman–Crippen MR) is 116 cm³/mol. The van der Waals surface area contributed by atoms with Crippen LogP contribution in [0.25, 0.3) is 16.7 Å². The van der Waals surface area contributed by atoms with Crippen molar-refractivity contribution < 1.29 is 23.8 Å². The van der Waals surface area contributed by atoms with E-state index in [0.29, 0.717) is 16.2 Å². The number of carbonyl (C=O) groups excluding carboxylic acids is 2. The Hall–Kier alpha value is -2.89. The molecule has 1 heterocycles. The summed E-state index contributed by atoms with van der Waals surface area (Å²) < 4.78 is 15.9. The molecule has 0 radical (unpaired) electrons. The standard InChI is InChI=1S/C24H23ClO5/c1-5-12-28-23(27)30-20-14-29-24(3,4)22(26)21(20)19-13-17(7-6-15(19)2)16-8-10-18(25)11-9-16/h5-11,13H,1,12,14H2,2-4H3. The SMILES string of the molecule is C=CCOC(=O)OC1=C(c2cc(-c3ccc(Cl)cc3)ccc2C)C(=O)C(C)(C)OC1. The molecule has 0 bridgehead atoms. The van der Waals surface area contributed by atoms with Gasteiger partial charge in [-0.15, -0.1) is 0 Å². The molecule has 0 saturated heterocycles. The van der Waals surface area contributed by atoms with Crippen LogP contribution in [0.15, 0.2) is 60.9 Å². The van der Waals surface area contributed by atoms with Crippen molar-refractivity contribution in [2.45, 2.75) is 26.4 Å². The van der Waals surface area contributed by atoms with Gasteiger partial charge in [-0.3, -0.25) is 4.79 Å². The Morgan fingerprint density at radius 1 is 1.20 bits per heavy atom. The molecule has 0 spiro atoms. The third-order valence-corrected chi connectivity index (χ3v) is 5.08. The largest absolute Gasteiger partial charge is 0.513 e. The minimum Gasteiger partial charge on any atom is -0.430 e. The van der Waals surface area contributed by atoms with Crippen molar-refractivity contribution in [1.29, 1.82) is 0 Å². The van der Waals surface area contributed by atoms with Crippen LogP contribution in [0.3, 0.4) is 0 Å². The number of ether oxygens (including phenoxy) is 3. The quantitative estimate of drug-likeness (QED) is 0.450. The fraction of sp³-hybridized carbons (Fsp3) is 0.250. The van der Waals surface area contributed by atoms with Gasteiger partial charge in [0.25, 0.3) is 0 Å². The van der Waals surface area contributed by atoms with Crippen molar-refractivity contribution in [2.75, 3.05) is 13.2 Å². The molecule has 0 N–H and O–H groups in total. The zero-order valence-corrected chi connectivity index (χ0v) is 17.9. The highest BCUT2D eigenvalue weighted by atomic mass is 35.5. The van der Waals surface area contributed by atoms with Gasteiger partial charge in [-0.2, -0.15) is 0 Å². The van der Waals surface area contributed by atoms with E-state index >= 15 is 0 Å². The van der Waals surface area contributed by atoms with Crippen LogP contribution in [0.2, 0.25) is 5.02 Å². The van der Waals surface area contributed by atoms with Crippen molar-refractivity contribution in [1.82, 2.24) is 0 Å². The number of halogens is 1. The molecule has 0 aromatic heterocycles. The first kappa shape index (κ1) is 21.8. The predicted octanol–water partition coefficient (Wildman–Crippen LogP) is 5.74. The number of carbonyl (C=O) groups is 2. The zero-order chi connectivity index (χ0) is 21.9. The van der Waals surface area contributed by atoms with Crippen molar-refractivity contribution in [3.05, 3.63) is 77.0 Å². The molecule has 30 heavy (non-hydrogen) atoms. The molecule has 0 aliphatic carbocycles. The van der Waals surface area contributed by atoms with E-state index in [1.807, 2.05) is 49.4 Å². The maximum Gasteiger partial charge on any atom is 0.513 e. The van der Waals surface area contributed by atoms with E-state index in [4.69, 9.17) is 25.8 Å². The smallest absolute Gasteiger partial charge is 0.430 e. The molecule has 0 unspecified atom stereocenters. The van der Waals surface area contributed by atoms with Gasteiger partial charge in [0.2, 0.25) is 0 Å². The fourth-order valence-corrected chi connectivity index (χ4v) is 3.26. The molecule has 5 nitrogen and oxygen atoms in total. The number of hydrogen-bond donors (Lipinski definition) is 0. The number of Topliss-reactive ketones (excluding diaryl/α,β-unsaturated/α-hetero) is 1. The summed E-state index contributed by atoms with van der Waals surface area (Å²) in [6, 6.07) is 13.2. The molecule has 2 aromatic carbocycles. The zero-order valence-electron chi connectivity index (χ0n) is 17.2. The number of hydrogen-bond acceptors (Lipinski definition) is 5. The van der Waals surface area contributed by atoms with Crippen molar-refractivity contribution in [3.8, 4) is 11.1 Å². The molecule has 1 aliphatic heterocycles. The van der Waals surface area contributed by atoms with Crippen LogP contribution in [-0.4, -0.2) is 30.8 Å². The van der Waals surface area contributed by atoms with E-state index in [9.17, 15) is 9.59 Å². The van der Waals surface area contributed by atoms with Gasteiger partial charge in [0.1, 0.15) is 24.6 Å². The van der Waals surface area contributed by atoms with Gasteiger partial charge in [-0.1, -0.05) is 48.5 Å². The molecule has 6 heteroatoms. The summed E-state index contributed by atoms with van der Waals surface area (Å²) in [5, 5.41) is 0.642. The summed E-state index contributed by atoms with van der Waals surface area (Å²) in [6.45, 7) is 8.77. The molecular weight excluding hydrogens is 404 g/mol. The normalized spacial score (nSPS) is 15.7. The highest BCUT2D eigenvalue weighted by Gasteiger charge is 2.40. The Labute approximate surface area is 180 Å². The van der Waals surface area contributed by atoms with Crippen LogP contribution in [0.1, 0.15) is 25.0 Å². The molecule has 1 aliphatic rings. The topological polar surface area (TPSA) is 61.8 Å². The molecular formula is C24H23ClO5. The third-order valence-electron chi connectivity index (χ3n) is 4.83. The second-order valence-corrected chi connectivity index (χ2v) is 7.85. The van der Waals surface area contributed by atoms with Crippen molar-refractivity contribution in [2.24, 2.45) is 0 Å². The second kappa shape index (κ2) is 8.86. The summed E-state index contributed by atoms with van der Waals surface area (Å²) in [6.07, 6.45) is 0.520. The summed E-state index contributed by atoms with van der Waals surface area (Å²) in [7, 11) is 0. The number of aryl methyl sites for hydroxylation is 1. The van der Waals surface area contributed by atoms with Crippen LogP contribution in [-0.2, 0) is 19.0 Å². The minimum absolute atomic E-state index is 0.00677. The maximum absolute atomic E-state index is 13.2. The van der Waals surface area contributed by atoms with Gasteiger partial charge in [-0.25, -0.2) is 4.79 Å². The van der Waals surface area contributed by atoms with Gasteiger partial charge in [0, 0.05) is 5.02 Å². The van der Waals surface area contributed by atoms with Crippen molar-refractivity contribution >= 4 is 29.1 Å². The second-order valence-electron chi connectivity index (χ2n) is 7.41. The van der Waals surface area contributed by atoms with Crippen LogP contribution in [0.4, 0.5) is 4.79 Å². The van der Waals surface area contributed by atoms with Crippen LogP contribution in [0.5, 0.6) is 0 Å². The van der Waals surface area contributed by atoms with Crippen LogP contribution in [0, 0.1) is 6.92 Å².